The third-order valence-electron chi connectivity index (χ3n) is 2.77. The van der Waals surface area contributed by atoms with Gasteiger partial charge < -0.3 is 10.5 Å². The molecular formula is C14H12N2O4. The first-order valence-electron chi connectivity index (χ1n) is 5.93. The van der Waals surface area contributed by atoms with E-state index in [4.69, 9.17) is 10.5 Å². The van der Waals surface area contributed by atoms with Gasteiger partial charge in [-0.15, -0.1) is 5.92 Å². The fraction of sp³-hybridized carbons (Fsp3) is 0.214. The molecule has 102 valence electrons. The van der Waals surface area contributed by atoms with Crippen molar-refractivity contribution in [2.75, 3.05) is 12.3 Å². The number of anilines is 1. The zero-order chi connectivity index (χ0) is 14.9. The number of nitrogens with zero attached hydrogens (tertiary/aromatic N) is 1. The Balaban J connectivity index is 2.51. The van der Waals surface area contributed by atoms with Gasteiger partial charge in [-0.05, 0) is 26.0 Å². The maximum atomic E-state index is 12.1. The van der Waals surface area contributed by atoms with E-state index in [1.54, 1.807) is 13.8 Å². The van der Waals surface area contributed by atoms with Gasteiger partial charge in [0.1, 0.15) is 0 Å². The largest absolute Gasteiger partial charge is 0.449 e. The highest BCUT2D eigenvalue weighted by Gasteiger charge is 2.41. The van der Waals surface area contributed by atoms with Crippen molar-refractivity contribution in [2.24, 2.45) is 0 Å². The summed E-state index contributed by atoms with van der Waals surface area (Å²) >= 11 is 0. The van der Waals surface area contributed by atoms with E-state index in [0.29, 0.717) is 10.5 Å². The summed E-state index contributed by atoms with van der Waals surface area (Å²) in [6.07, 6.45) is -0.986. The smallest absolute Gasteiger partial charge is 0.424 e. The topological polar surface area (TPSA) is 89.7 Å². The van der Waals surface area contributed by atoms with Crippen LogP contribution in [-0.4, -0.2) is 29.4 Å². The molecule has 6 nitrogen and oxygen atoms in total. The molecule has 3 amide bonds. The first-order valence-corrected chi connectivity index (χ1v) is 5.93. The van der Waals surface area contributed by atoms with Crippen molar-refractivity contribution in [3.05, 3.63) is 28.8 Å². The highest BCUT2D eigenvalue weighted by atomic mass is 16.6. The van der Waals surface area contributed by atoms with E-state index in [2.05, 4.69) is 11.8 Å². The maximum Gasteiger partial charge on any atom is 0.424 e. The Morgan fingerprint density at radius 3 is 2.45 bits per heavy atom. The lowest BCUT2D eigenvalue weighted by atomic mass is 10.0. The molecule has 0 radical (unpaired) electrons. The zero-order valence-electron chi connectivity index (χ0n) is 11.0. The molecule has 2 N–H and O–H groups in total. The van der Waals surface area contributed by atoms with Gasteiger partial charge >= 0.3 is 6.09 Å². The third-order valence-corrected chi connectivity index (χ3v) is 2.77. The van der Waals surface area contributed by atoms with Crippen molar-refractivity contribution in [3.8, 4) is 11.8 Å². The molecule has 2 rings (SSSR count). The van der Waals surface area contributed by atoms with E-state index < -0.39 is 17.9 Å². The Hall–Kier alpha value is -2.81. The summed E-state index contributed by atoms with van der Waals surface area (Å²) in [7, 11) is 0. The molecule has 6 heteroatoms. The minimum atomic E-state index is -0.986. The molecule has 0 aliphatic carbocycles. The van der Waals surface area contributed by atoms with Gasteiger partial charge in [-0.1, -0.05) is 5.92 Å². The number of fused-ring (bicyclic) bond motifs is 1. The fourth-order valence-corrected chi connectivity index (χ4v) is 1.90. The van der Waals surface area contributed by atoms with Crippen LogP contribution in [0.3, 0.4) is 0 Å². The summed E-state index contributed by atoms with van der Waals surface area (Å²) < 4.78 is 4.69. The SMILES string of the molecule is CC#Cc1cc2c(cc1N)C(=O)N(C(=O)OCC)C2=O. The third kappa shape index (κ3) is 1.99. The second kappa shape index (κ2) is 5.05. The van der Waals surface area contributed by atoms with Crippen LogP contribution >= 0.6 is 0 Å². The van der Waals surface area contributed by atoms with Crippen LogP contribution in [0.15, 0.2) is 12.1 Å². The molecule has 0 unspecified atom stereocenters. The van der Waals surface area contributed by atoms with Gasteiger partial charge in [0.2, 0.25) is 0 Å². The van der Waals surface area contributed by atoms with Gasteiger partial charge in [0.25, 0.3) is 11.8 Å². The van der Waals surface area contributed by atoms with Gasteiger partial charge in [-0.25, -0.2) is 4.79 Å². The Bertz CT molecular complexity index is 682. The lowest BCUT2D eigenvalue weighted by molar-refractivity contribution is 0.0596. The van der Waals surface area contributed by atoms with E-state index >= 15 is 0 Å². The first kappa shape index (κ1) is 13.6. The summed E-state index contributed by atoms with van der Waals surface area (Å²) in [4.78, 5) is 36.3. The van der Waals surface area contributed by atoms with Crippen LogP contribution in [0.1, 0.15) is 40.1 Å². The van der Waals surface area contributed by atoms with Crippen LogP contribution in [0.2, 0.25) is 0 Å². The van der Waals surface area contributed by atoms with Crippen molar-refractivity contribution >= 4 is 23.6 Å². The average molecular weight is 272 g/mol. The van der Waals surface area contributed by atoms with Gasteiger partial charge in [-0.3, -0.25) is 9.59 Å². The molecule has 0 saturated heterocycles. The summed E-state index contributed by atoms with van der Waals surface area (Å²) in [5.41, 5.74) is 6.68. The number of nitrogens with two attached hydrogens (primary N) is 1. The molecule has 0 saturated carbocycles. The number of hydrogen-bond acceptors (Lipinski definition) is 5. The first-order chi connectivity index (χ1) is 9.51. The molecule has 0 fully saturated rings. The minimum Gasteiger partial charge on any atom is -0.449 e. The second-order valence-corrected chi connectivity index (χ2v) is 4.00. The molecule has 0 bridgehead atoms. The highest BCUT2D eigenvalue weighted by molar-refractivity contribution is 6.28. The fourth-order valence-electron chi connectivity index (χ4n) is 1.90. The summed E-state index contributed by atoms with van der Waals surface area (Å²) in [5.74, 6) is 3.95. The van der Waals surface area contributed by atoms with E-state index in [1.807, 2.05) is 0 Å². The quantitative estimate of drug-likeness (QED) is 0.474. The Morgan fingerprint density at radius 2 is 1.90 bits per heavy atom. The Labute approximate surface area is 115 Å². The van der Waals surface area contributed by atoms with Crippen molar-refractivity contribution in [1.82, 2.24) is 4.90 Å². The van der Waals surface area contributed by atoms with E-state index in [-0.39, 0.29) is 23.4 Å². The lowest BCUT2D eigenvalue weighted by Gasteiger charge is -2.10. The van der Waals surface area contributed by atoms with E-state index in [9.17, 15) is 14.4 Å². The Morgan fingerprint density at radius 1 is 1.30 bits per heavy atom. The summed E-state index contributed by atoms with van der Waals surface area (Å²) in [6.45, 7) is 3.29. The predicted octanol–water partition coefficient (Wildman–Crippen LogP) is 1.39. The standard InChI is InChI=1S/C14H12N2O4/c1-3-5-8-6-9-10(7-11(8)15)13(18)16(12(9)17)14(19)20-4-2/h6-7H,4,15H2,1-2H3. The zero-order valence-corrected chi connectivity index (χ0v) is 11.0. The number of carbonyl (C=O) groups is 3. The highest BCUT2D eigenvalue weighted by Crippen LogP contribution is 2.27. The molecule has 1 heterocycles. The van der Waals surface area contributed by atoms with E-state index in [1.165, 1.54) is 12.1 Å². The van der Waals surface area contributed by atoms with Gasteiger partial charge in [0.05, 0.1) is 17.7 Å². The van der Waals surface area contributed by atoms with Crippen LogP contribution in [0.25, 0.3) is 0 Å². The number of carbonyl (C=O) groups excluding carboxylic acids is 3. The van der Waals surface area contributed by atoms with E-state index in [0.717, 1.165) is 0 Å². The van der Waals surface area contributed by atoms with Gasteiger partial charge in [0.15, 0.2) is 0 Å². The summed E-state index contributed by atoms with van der Waals surface area (Å²) in [6, 6.07) is 2.77. The number of ether oxygens (including phenoxy) is 1. The van der Waals surface area contributed by atoms with Crippen LogP contribution < -0.4 is 5.73 Å². The molecular weight excluding hydrogens is 260 g/mol. The van der Waals surface area contributed by atoms with Crippen LogP contribution in [0.4, 0.5) is 10.5 Å². The molecule has 1 aromatic carbocycles. The number of hydrogen-bond donors (Lipinski definition) is 1. The molecule has 0 aromatic heterocycles. The summed E-state index contributed by atoms with van der Waals surface area (Å²) in [5, 5.41) is 0. The monoisotopic (exact) mass is 272 g/mol. The molecule has 1 aliphatic heterocycles. The van der Waals surface area contributed by atoms with Crippen molar-refractivity contribution in [2.45, 2.75) is 13.8 Å². The minimum absolute atomic E-state index is 0.0704. The number of rotatable bonds is 1. The second-order valence-electron chi connectivity index (χ2n) is 4.00. The van der Waals surface area contributed by atoms with Gasteiger partial charge in [-0.2, -0.15) is 4.90 Å². The average Bonchev–Trinajstić information content (AvgIpc) is 2.63. The van der Waals surface area contributed by atoms with Crippen LogP contribution in [0, 0.1) is 11.8 Å². The molecule has 1 aliphatic rings. The lowest BCUT2D eigenvalue weighted by Crippen LogP contribution is -2.36. The van der Waals surface area contributed by atoms with Gasteiger partial charge in [0, 0.05) is 11.3 Å². The normalized spacial score (nSPS) is 12.8. The Kier molecular flexibility index (Phi) is 3.44. The van der Waals surface area contributed by atoms with Crippen molar-refractivity contribution in [1.29, 1.82) is 0 Å². The number of benzene rings is 1. The molecule has 20 heavy (non-hydrogen) atoms. The number of amides is 3. The van der Waals surface area contributed by atoms with Crippen molar-refractivity contribution < 1.29 is 19.1 Å². The molecule has 0 spiro atoms. The molecule has 1 aromatic rings. The predicted molar refractivity (Wildman–Crippen MR) is 70.9 cm³/mol. The van der Waals surface area contributed by atoms with Crippen LogP contribution in [-0.2, 0) is 4.74 Å². The maximum absolute atomic E-state index is 12.1. The molecule has 0 atom stereocenters. The van der Waals surface area contributed by atoms with Crippen molar-refractivity contribution in [3.63, 3.8) is 0 Å². The van der Waals surface area contributed by atoms with Crippen LogP contribution in [0.5, 0.6) is 0 Å². The number of nitrogen functional groups attached to an aromatic ring is 1. The number of imide groups is 3.